The fourth-order valence-corrected chi connectivity index (χ4v) is 1.63. The molecule has 12 heavy (non-hydrogen) atoms. The van der Waals surface area contributed by atoms with Gasteiger partial charge >= 0.3 is 29.6 Å². The van der Waals surface area contributed by atoms with Crippen LogP contribution >= 0.6 is 0 Å². The molecule has 0 aliphatic carbocycles. The Balaban J connectivity index is 0. The van der Waals surface area contributed by atoms with Gasteiger partial charge in [0.05, 0.1) is 10.1 Å². The molecule has 0 fully saturated rings. The topological polar surface area (TPSA) is 57.2 Å². The molecular weight excluding hydrogens is 203 g/mol. The quantitative estimate of drug-likeness (QED) is 0.370. The van der Waals surface area contributed by atoms with Crippen molar-refractivity contribution in [3.05, 3.63) is 0 Å². The molecule has 0 saturated heterocycles. The molecule has 0 heterocycles. The van der Waals surface area contributed by atoms with E-state index in [-0.39, 0.29) is 40.3 Å². The van der Waals surface area contributed by atoms with Crippen LogP contribution in [0.1, 0.15) is 26.7 Å². The summed E-state index contributed by atoms with van der Waals surface area (Å²) in [5.41, 5.74) is 0. The molecule has 0 aromatic rings. The summed E-state index contributed by atoms with van der Waals surface area (Å²) in [6, 6.07) is 0. The zero-order valence-electron chi connectivity index (χ0n) is 8.25. The summed E-state index contributed by atoms with van der Waals surface area (Å²) in [6.07, 6.45) is 1.34. The third kappa shape index (κ3) is 13.7. The van der Waals surface area contributed by atoms with E-state index in [0.717, 1.165) is 16.7 Å². The normalized spacial score (nSPS) is 12.6. The molecule has 0 rings (SSSR count). The van der Waals surface area contributed by atoms with Gasteiger partial charge in [-0.05, 0) is 11.5 Å². The second-order valence-electron chi connectivity index (χ2n) is 3.93. The Bertz CT molecular complexity index is 207. The average Bonchev–Trinajstić information content (AvgIpc) is 1.55. The van der Waals surface area contributed by atoms with E-state index in [9.17, 15) is 13.0 Å². The van der Waals surface area contributed by atoms with Crippen LogP contribution in [-0.2, 0) is 10.1 Å². The van der Waals surface area contributed by atoms with E-state index in [2.05, 4.69) is 13.8 Å². The van der Waals surface area contributed by atoms with Crippen LogP contribution in [0.15, 0.2) is 0 Å². The second kappa shape index (κ2) is 5.77. The molecule has 0 aromatic carbocycles. The number of rotatable bonds is 4. The van der Waals surface area contributed by atoms with E-state index in [1.807, 2.05) is 0 Å². The van der Waals surface area contributed by atoms with E-state index in [1.165, 1.54) is 0 Å². The van der Waals surface area contributed by atoms with Crippen LogP contribution in [-0.4, -0.2) is 29.0 Å². The van der Waals surface area contributed by atoms with Gasteiger partial charge in [0.15, 0.2) is 0 Å². The van der Waals surface area contributed by atoms with Crippen molar-refractivity contribution in [2.75, 3.05) is 5.75 Å². The van der Waals surface area contributed by atoms with E-state index < -0.39 is 10.1 Å². The van der Waals surface area contributed by atoms with E-state index in [1.54, 1.807) is 0 Å². The molecular formula is C6H15NaO3SSi. The van der Waals surface area contributed by atoms with E-state index in [4.69, 9.17) is 0 Å². The summed E-state index contributed by atoms with van der Waals surface area (Å²) >= 11 is 0. The third-order valence-corrected chi connectivity index (χ3v) is 2.61. The van der Waals surface area contributed by atoms with Gasteiger partial charge < -0.3 is 4.55 Å². The fraction of sp³-hybridized carbons (Fsp3) is 1.00. The van der Waals surface area contributed by atoms with E-state index >= 15 is 0 Å². The van der Waals surface area contributed by atoms with Crippen molar-refractivity contribution in [2.24, 2.45) is 0 Å². The van der Waals surface area contributed by atoms with Crippen molar-refractivity contribution in [1.82, 2.24) is 0 Å². The summed E-state index contributed by atoms with van der Waals surface area (Å²) in [4.78, 5) is 0. The van der Waals surface area contributed by atoms with E-state index in [0.29, 0.717) is 6.42 Å². The van der Waals surface area contributed by atoms with Crippen LogP contribution in [0.4, 0.5) is 0 Å². The standard InChI is InChI=1S/C6H16O3SSi.Na/c1-6(2,11)4-3-5-10(7,8)9;/h3-5H2,1-2,11H3,(H,7,8,9);/q;+1/p-1. The Kier molecular flexibility index (Phi) is 7.50. The van der Waals surface area contributed by atoms with Crippen LogP contribution in [0.25, 0.3) is 0 Å². The van der Waals surface area contributed by atoms with Crippen molar-refractivity contribution >= 4 is 20.4 Å². The van der Waals surface area contributed by atoms with Crippen LogP contribution in [0, 0.1) is 0 Å². The SMILES string of the molecule is CC(C)([SiH3])CCCS(=O)(=O)[O-].[Na+]. The molecule has 0 radical (unpaired) electrons. The summed E-state index contributed by atoms with van der Waals surface area (Å²) in [5.74, 6) is -0.210. The van der Waals surface area contributed by atoms with Crippen molar-refractivity contribution in [3.63, 3.8) is 0 Å². The van der Waals surface area contributed by atoms with Gasteiger partial charge in [0.2, 0.25) is 0 Å². The van der Waals surface area contributed by atoms with Gasteiger partial charge in [-0.15, -0.1) is 0 Å². The second-order valence-corrected chi connectivity index (χ2v) is 8.16. The fourth-order valence-electron chi connectivity index (χ4n) is 0.779. The van der Waals surface area contributed by atoms with Gasteiger partial charge in [0.25, 0.3) is 0 Å². The molecule has 0 N–H and O–H groups in total. The Labute approximate surface area is 99.8 Å². The van der Waals surface area contributed by atoms with Crippen molar-refractivity contribution in [1.29, 1.82) is 0 Å². The van der Waals surface area contributed by atoms with Crippen molar-refractivity contribution in [3.8, 4) is 0 Å². The Morgan fingerprint density at radius 1 is 1.42 bits per heavy atom. The number of hydrogen-bond donors (Lipinski definition) is 0. The molecule has 0 bridgehead atoms. The van der Waals surface area contributed by atoms with Gasteiger partial charge in [-0.1, -0.05) is 20.3 Å². The largest absolute Gasteiger partial charge is 1.00 e. The molecule has 0 aliphatic rings. The smallest absolute Gasteiger partial charge is 0.748 e. The first kappa shape index (κ1) is 15.6. The van der Waals surface area contributed by atoms with Crippen LogP contribution in [0.5, 0.6) is 0 Å². The zero-order chi connectivity index (χ0) is 9.12. The van der Waals surface area contributed by atoms with Gasteiger partial charge in [-0.3, -0.25) is 0 Å². The summed E-state index contributed by atoms with van der Waals surface area (Å²) in [5, 5.41) is 0.255. The monoisotopic (exact) mass is 218 g/mol. The molecule has 0 saturated carbocycles. The first-order valence-electron chi connectivity index (χ1n) is 3.64. The summed E-state index contributed by atoms with van der Waals surface area (Å²) in [7, 11) is -2.95. The maximum Gasteiger partial charge on any atom is 1.00 e. The van der Waals surface area contributed by atoms with Crippen LogP contribution in [0.3, 0.4) is 0 Å². The predicted octanol–water partition coefficient (Wildman–Crippen LogP) is -3.12. The van der Waals surface area contributed by atoms with Crippen LogP contribution < -0.4 is 29.6 Å². The maximum absolute atomic E-state index is 10.2. The molecule has 0 spiro atoms. The molecule has 0 amide bonds. The number of hydrogen-bond acceptors (Lipinski definition) is 3. The molecule has 6 heteroatoms. The summed E-state index contributed by atoms with van der Waals surface area (Å²) in [6.45, 7) is 4.16. The third-order valence-electron chi connectivity index (χ3n) is 1.32. The van der Waals surface area contributed by atoms with Crippen molar-refractivity contribution < 1.29 is 42.5 Å². The first-order chi connectivity index (χ1) is 4.71. The molecule has 68 valence electrons. The molecule has 3 nitrogen and oxygen atoms in total. The molecule has 0 atom stereocenters. The van der Waals surface area contributed by atoms with Gasteiger partial charge in [-0.2, -0.15) is 0 Å². The Morgan fingerprint density at radius 2 is 1.83 bits per heavy atom. The predicted molar refractivity (Wildman–Crippen MR) is 47.8 cm³/mol. The first-order valence-corrected chi connectivity index (χ1v) is 6.22. The van der Waals surface area contributed by atoms with Gasteiger partial charge in [0, 0.05) is 16.0 Å². The zero-order valence-corrected chi connectivity index (χ0v) is 13.1. The Hall–Kier alpha value is 1.13. The summed E-state index contributed by atoms with van der Waals surface area (Å²) < 4.78 is 30.5. The molecule has 0 aromatic heterocycles. The molecule has 0 unspecified atom stereocenters. The minimum Gasteiger partial charge on any atom is -0.748 e. The van der Waals surface area contributed by atoms with Crippen LogP contribution in [0.2, 0.25) is 5.04 Å². The Morgan fingerprint density at radius 3 is 2.08 bits per heavy atom. The average molecular weight is 218 g/mol. The van der Waals surface area contributed by atoms with Gasteiger partial charge in [0.1, 0.15) is 0 Å². The maximum atomic E-state index is 10.2. The minimum absolute atomic E-state index is 0. The molecule has 0 aliphatic heterocycles. The van der Waals surface area contributed by atoms with Gasteiger partial charge in [-0.25, -0.2) is 8.42 Å². The minimum atomic E-state index is -3.98. The van der Waals surface area contributed by atoms with Crippen molar-refractivity contribution in [2.45, 2.75) is 31.7 Å².